The van der Waals surface area contributed by atoms with Gasteiger partial charge in [0.05, 0.1) is 32.5 Å². The van der Waals surface area contributed by atoms with Crippen LogP contribution in [0.25, 0.3) is 0 Å². The van der Waals surface area contributed by atoms with Gasteiger partial charge in [0.25, 0.3) is 0 Å². The van der Waals surface area contributed by atoms with Gasteiger partial charge in [-0.3, -0.25) is 0 Å². The molecule has 3 aliphatic heterocycles. The van der Waals surface area contributed by atoms with Gasteiger partial charge in [0, 0.05) is 31.1 Å². The zero-order valence-corrected chi connectivity index (χ0v) is 32.0. The number of rotatable bonds is 21. The van der Waals surface area contributed by atoms with Gasteiger partial charge in [-0.25, -0.2) is 0 Å². The molecule has 0 bridgehead atoms. The van der Waals surface area contributed by atoms with E-state index in [2.05, 4.69) is 34.1 Å². The van der Waals surface area contributed by atoms with E-state index >= 15 is 0 Å². The van der Waals surface area contributed by atoms with Crippen molar-refractivity contribution in [3.63, 3.8) is 0 Å². The summed E-state index contributed by atoms with van der Waals surface area (Å²) < 4.78 is 34.0. The van der Waals surface area contributed by atoms with Gasteiger partial charge in [0.2, 0.25) is 0 Å². The van der Waals surface area contributed by atoms with Gasteiger partial charge in [-0.05, 0) is 50.5 Å². The minimum atomic E-state index is -1.67. The minimum absolute atomic E-state index is 0.123. The summed E-state index contributed by atoms with van der Waals surface area (Å²) in [5.74, 6) is 0. The van der Waals surface area contributed by atoms with E-state index in [0.29, 0.717) is 6.42 Å². The SMILES string of the molecule is CC(OC[C@H]1O[C@@H](OCCCCC2N(c3ccccc3)CCN2c2ccccc2)[C@H](O)[C@@H](O)[C@@H]1O)[C@@H]1O[C@H](COCO[C@H](CO)[C@@H](O)[C@H](O)CO)[C@@H](O)[C@H](O)[C@H]1O. The molecule has 5 rings (SSSR count). The maximum Gasteiger partial charge on any atom is 0.186 e. The molecule has 0 amide bonds. The van der Waals surface area contributed by atoms with Crippen LogP contribution in [0.3, 0.4) is 0 Å². The fourth-order valence-corrected chi connectivity index (χ4v) is 7.42. The molecule has 3 aliphatic rings. The second-order valence-electron chi connectivity index (χ2n) is 14.7. The Morgan fingerprint density at radius 1 is 0.684 bits per heavy atom. The second kappa shape index (κ2) is 22.1. The fourth-order valence-electron chi connectivity index (χ4n) is 7.42. The molecule has 0 aliphatic carbocycles. The number of hydrogen-bond acceptors (Lipinski definition) is 18. The van der Waals surface area contributed by atoms with E-state index in [4.69, 9.17) is 33.5 Å². The number of ether oxygens (including phenoxy) is 6. The van der Waals surface area contributed by atoms with Gasteiger partial charge in [-0.1, -0.05) is 36.4 Å². The molecule has 0 spiro atoms. The van der Waals surface area contributed by atoms with Crippen LogP contribution in [0.4, 0.5) is 11.4 Å². The predicted octanol–water partition coefficient (Wildman–Crippen LogP) is -2.35. The Hall–Kier alpha value is -2.60. The molecule has 57 heavy (non-hydrogen) atoms. The number of hydrogen-bond donors (Lipinski definition) is 10. The van der Waals surface area contributed by atoms with Gasteiger partial charge < -0.3 is 89.3 Å². The van der Waals surface area contributed by atoms with Crippen LogP contribution in [0.5, 0.6) is 0 Å². The Bertz CT molecular complexity index is 1370. The van der Waals surface area contributed by atoms with E-state index in [1.54, 1.807) is 0 Å². The Morgan fingerprint density at radius 3 is 1.84 bits per heavy atom. The molecule has 3 fully saturated rings. The number of aliphatic hydroxyl groups excluding tert-OH is 10. The second-order valence-corrected chi connectivity index (χ2v) is 14.7. The number of anilines is 2. The summed E-state index contributed by atoms with van der Waals surface area (Å²) in [5, 5.41) is 102. The van der Waals surface area contributed by atoms with Crippen LogP contribution in [0.15, 0.2) is 60.7 Å². The molecule has 3 heterocycles. The predicted molar refractivity (Wildman–Crippen MR) is 202 cm³/mol. The number of aliphatic hydroxyl groups is 10. The smallest absolute Gasteiger partial charge is 0.186 e. The number of benzene rings is 2. The summed E-state index contributed by atoms with van der Waals surface area (Å²) in [6.07, 6.45) is -17.4. The van der Waals surface area contributed by atoms with Gasteiger partial charge in [-0.15, -0.1) is 0 Å². The van der Waals surface area contributed by atoms with Crippen LogP contribution in [-0.2, 0) is 28.4 Å². The summed E-state index contributed by atoms with van der Waals surface area (Å²) >= 11 is 0. The molecule has 0 saturated carbocycles. The van der Waals surface area contributed by atoms with Crippen LogP contribution in [0, 0.1) is 0 Å². The van der Waals surface area contributed by atoms with Crippen LogP contribution in [0.1, 0.15) is 26.2 Å². The van der Waals surface area contributed by atoms with Crippen molar-refractivity contribution in [1.29, 1.82) is 0 Å². The van der Waals surface area contributed by atoms with Crippen LogP contribution >= 0.6 is 0 Å². The lowest BCUT2D eigenvalue weighted by atomic mass is 9.92. The Labute approximate surface area is 331 Å². The molecule has 2 aromatic rings. The first-order chi connectivity index (χ1) is 27.5. The van der Waals surface area contributed by atoms with Gasteiger partial charge in [0.15, 0.2) is 6.29 Å². The molecule has 18 heteroatoms. The van der Waals surface area contributed by atoms with Crippen LogP contribution < -0.4 is 9.80 Å². The highest BCUT2D eigenvalue weighted by Crippen LogP contribution is 2.31. The first kappa shape index (κ1) is 45.5. The molecule has 10 N–H and O–H groups in total. The molecular weight excluding hydrogens is 752 g/mol. The van der Waals surface area contributed by atoms with Crippen molar-refractivity contribution in [2.45, 2.75) is 118 Å². The average molecular weight is 813 g/mol. The van der Waals surface area contributed by atoms with Gasteiger partial charge in [0.1, 0.15) is 86.2 Å². The highest BCUT2D eigenvalue weighted by molar-refractivity contribution is 5.56. The third-order valence-corrected chi connectivity index (χ3v) is 10.8. The fraction of sp³-hybridized carbons (Fsp3) is 0.692. The monoisotopic (exact) mass is 812 g/mol. The Morgan fingerprint density at radius 2 is 1.26 bits per heavy atom. The van der Waals surface area contributed by atoms with Crippen molar-refractivity contribution in [2.24, 2.45) is 0 Å². The molecule has 3 saturated heterocycles. The molecule has 14 atom stereocenters. The topological polar surface area (TPSA) is 264 Å². The van der Waals surface area contributed by atoms with Crippen molar-refractivity contribution in [3.8, 4) is 0 Å². The van der Waals surface area contributed by atoms with Crippen molar-refractivity contribution < 1.29 is 79.5 Å². The lowest BCUT2D eigenvalue weighted by molar-refractivity contribution is -0.308. The molecule has 1 unspecified atom stereocenters. The van der Waals surface area contributed by atoms with E-state index in [-0.39, 0.29) is 26.0 Å². The largest absolute Gasteiger partial charge is 0.394 e. The van der Waals surface area contributed by atoms with Gasteiger partial charge in [-0.2, -0.15) is 0 Å². The number of para-hydroxylation sites is 2. The molecular formula is C39H60N2O16. The van der Waals surface area contributed by atoms with Crippen LogP contribution in [0.2, 0.25) is 0 Å². The lowest BCUT2D eigenvalue weighted by Gasteiger charge is -2.43. The van der Waals surface area contributed by atoms with Crippen molar-refractivity contribution in [1.82, 2.24) is 0 Å². The molecule has 0 radical (unpaired) electrons. The van der Waals surface area contributed by atoms with E-state index in [1.807, 2.05) is 36.4 Å². The zero-order chi connectivity index (χ0) is 41.1. The van der Waals surface area contributed by atoms with Crippen molar-refractivity contribution >= 4 is 11.4 Å². The summed E-state index contributed by atoms with van der Waals surface area (Å²) in [6, 6.07) is 20.5. The zero-order valence-electron chi connectivity index (χ0n) is 32.0. The third-order valence-electron chi connectivity index (χ3n) is 10.8. The maximum absolute atomic E-state index is 10.7. The van der Waals surface area contributed by atoms with E-state index in [9.17, 15) is 46.0 Å². The van der Waals surface area contributed by atoms with E-state index < -0.39 is 106 Å². The van der Waals surface area contributed by atoms with Gasteiger partial charge >= 0.3 is 0 Å². The van der Waals surface area contributed by atoms with Crippen molar-refractivity contribution in [2.75, 3.05) is 62.7 Å². The molecule has 2 aromatic carbocycles. The number of unbranched alkanes of at least 4 members (excludes halogenated alkanes) is 1. The Kier molecular flexibility index (Phi) is 17.7. The third kappa shape index (κ3) is 11.6. The molecule has 0 aromatic heterocycles. The van der Waals surface area contributed by atoms with E-state index in [0.717, 1.165) is 37.3 Å². The highest BCUT2D eigenvalue weighted by atomic mass is 16.7. The molecule has 322 valence electrons. The summed E-state index contributed by atoms with van der Waals surface area (Å²) in [6.45, 7) is 0.800. The standard InChI is InChI=1S/C39H60N2O16/c1-23(38-36(50)34(48)32(46)28(56-38)20-52-22-55-27(19-43)31(45)26(44)18-42)54-21-29-33(47)35(49)37(51)39(57-29)53-17-9-8-14-30-40(24-10-4-2-5-11-24)15-16-41(30)25-12-6-3-7-13-25/h2-7,10-13,23,26-39,42-51H,8-9,14-22H2,1H3/t23?,26-,27-,28-,29-,31+,32-,33-,34+,35+,36-,37-,38+,39-/m1/s1. The lowest BCUT2D eigenvalue weighted by Crippen LogP contribution is -2.62. The van der Waals surface area contributed by atoms with Crippen molar-refractivity contribution in [3.05, 3.63) is 60.7 Å². The summed E-state index contributed by atoms with van der Waals surface area (Å²) in [4.78, 5) is 4.79. The average Bonchev–Trinajstić information content (AvgIpc) is 3.66. The first-order valence-electron chi connectivity index (χ1n) is 19.5. The normalized spacial score (nSPS) is 32.0. The Balaban J connectivity index is 1.09. The maximum atomic E-state index is 10.7. The first-order valence-corrected chi connectivity index (χ1v) is 19.5. The minimum Gasteiger partial charge on any atom is -0.394 e. The highest BCUT2D eigenvalue weighted by Gasteiger charge is 2.48. The summed E-state index contributed by atoms with van der Waals surface area (Å²) in [5.41, 5.74) is 2.29. The molecule has 18 nitrogen and oxygen atoms in total. The van der Waals surface area contributed by atoms with Crippen LogP contribution in [-0.4, -0.2) is 196 Å². The summed E-state index contributed by atoms with van der Waals surface area (Å²) in [7, 11) is 0. The quantitative estimate of drug-likeness (QED) is 0.0468. The van der Waals surface area contributed by atoms with E-state index in [1.165, 1.54) is 6.92 Å². The number of nitrogens with zero attached hydrogens (tertiary/aromatic N) is 2.